The van der Waals surface area contributed by atoms with Crippen molar-refractivity contribution in [2.24, 2.45) is 5.92 Å². The number of carbonyl (C=O) groups is 2. The van der Waals surface area contributed by atoms with Crippen molar-refractivity contribution in [2.75, 3.05) is 26.8 Å². The van der Waals surface area contributed by atoms with Crippen LogP contribution in [0.25, 0.3) is 10.7 Å². The van der Waals surface area contributed by atoms with Crippen LogP contribution in [0, 0.1) is 5.92 Å². The molecule has 1 unspecified atom stereocenters. The van der Waals surface area contributed by atoms with E-state index < -0.39 is 0 Å². The standard InChI is InChI=1S/C17H20N4O3S/c1-24-7-6-21-10-12(8-15(21)22)16(23)19-9-13-11-25-17(20-13)14-4-2-3-5-18-14/h2-5,11-12H,6-10H2,1H3,(H,19,23). The minimum atomic E-state index is -0.307. The zero-order chi connectivity index (χ0) is 17.6. The normalized spacial score (nSPS) is 17.1. The van der Waals surface area contributed by atoms with E-state index in [9.17, 15) is 9.59 Å². The van der Waals surface area contributed by atoms with Crippen LogP contribution < -0.4 is 5.32 Å². The Hall–Kier alpha value is -2.32. The van der Waals surface area contributed by atoms with Crippen LogP contribution in [-0.4, -0.2) is 53.5 Å². The van der Waals surface area contributed by atoms with Crippen LogP contribution in [0.15, 0.2) is 29.8 Å². The van der Waals surface area contributed by atoms with Gasteiger partial charge in [-0.05, 0) is 12.1 Å². The third kappa shape index (κ3) is 4.40. The van der Waals surface area contributed by atoms with Gasteiger partial charge in [-0.15, -0.1) is 11.3 Å². The Labute approximate surface area is 150 Å². The smallest absolute Gasteiger partial charge is 0.225 e. The molecule has 2 amide bonds. The Balaban J connectivity index is 1.51. The van der Waals surface area contributed by atoms with Crippen molar-refractivity contribution in [3.05, 3.63) is 35.5 Å². The number of thiazole rings is 1. The summed E-state index contributed by atoms with van der Waals surface area (Å²) in [5.41, 5.74) is 1.61. The molecule has 1 aliphatic rings. The molecule has 0 saturated carbocycles. The number of nitrogens with one attached hydrogen (secondary N) is 1. The lowest BCUT2D eigenvalue weighted by molar-refractivity contribution is -0.129. The molecule has 1 saturated heterocycles. The zero-order valence-electron chi connectivity index (χ0n) is 14.0. The number of hydrogen-bond donors (Lipinski definition) is 1. The Bertz CT molecular complexity index is 735. The molecule has 7 nitrogen and oxygen atoms in total. The SMILES string of the molecule is COCCN1CC(C(=O)NCc2csc(-c3ccccn3)n2)CC1=O. The number of ether oxygens (including phenoxy) is 1. The van der Waals surface area contributed by atoms with Crippen LogP contribution in [0.3, 0.4) is 0 Å². The number of nitrogens with zero attached hydrogens (tertiary/aromatic N) is 3. The van der Waals surface area contributed by atoms with E-state index in [1.807, 2.05) is 23.6 Å². The molecule has 25 heavy (non-hydrogen) atoms. The van der Waals surface area contributed by atoms with Gasteiger partial charge in [0.1, 0.15) is 5.01 Å². The molecule has 132 valence electrons. The predicted molar refractivity (Wildman–Crippen MR) is 93.8 cm³/mol. The summed E-state index contributed by atoms with van der Waals surface area (Å²) < 4.78 is 4.99. The Morgan fingerprint density at radius 1 is 1.48 bits per heavy atom. The summed E-state index contributed by atoms with van der Waals surface area (Å²) in [6.45, 7) is 1.81. The summed E-state index contributed by atoms with van der Waals surface area (Å²) in [7, 11) is 1.60. The maximum Gasteiger partial charge on any atom is 0.225 e. The summed E-state index contributed by atoms with van der Waals surface area (Å²) in [5.74, 6) is -0.415. The minimum absolute atomic E-state index is 0.00305. The van der Waals surface area contributed by atoms with Crippen LogP contribution in [0.1, 0.15) is 12.1 Å². The monoisotopic (exact) mass is 360 g/mol. The first-order valence-corrected chi connectivity index (χ1v) is 8.95. The average Bonchev–Trinajstić information content (AvgIpc) is 3.25. The second-order valence-electron chi connectivity index (χ2n) is 5.81. The van der Waals surface area contributed by atoms with Gasteiger partial charge in [0.05, 0.1) is 30.5 Å². The van der Waals surface area contributed by atoms with Crippen molar-refractivity contribution >= 4 is 23.2 Å². The van der Waals surface area contributed by atoms with E-state index in [1.165, 1.54) is 11.3 Å². The number of aromatic nitrogens is 2. The molecule has 0 radical (unpaired) electrons. The highest BCUT2D eigenvalue weighted by atomic mass is 32.1. The molecule has 1 aliphatic heterocycles. The summed E-state index contributed by atoms with van der Waals surface area (Å²) >= 11 is 1.50. The van der Waals surface area contributed by atoms with Crippen LogP contribution in [0.5, 0.6) is 0 Å². The Kier molecular flexibility index (Phi) is 5.72. The molecular formula is C17H20N4O3S. The molecule has 2 aromatic rings. The van der Waals surface area contributed by atoms with Crippen LogP contribution in [0.4, 0.5) is 0 Å². The number of methoxy groups -OCH3 is 1. The van der Waals surface area contributed by atoms with Crippen LogP contribution in [-0.2, 0) is 20.9 Å². The van der Waals surface area contributed by atoms with E-state index >= 15 is 0 Å². The van der Waals surface area contributed by atoms with Gasteiger partial charge in [-0.25, -0.2) is 4.98 Å². The maximum atomic E-state index is 12.3. The molecule has 8 heteroatoms. The fourth-order valence-electron chi connectivity index (χ4n) is 2.68. The molecule has 1 atom stereocenters. The van der Waals surface area contributed by atoms with E-state index in [4.69, 9.17) is 4.74 Å². The molecule has 1 fully saturated rings. The van der Waals surface area contributed by atoms with Gasteiger partial charge in [0.25, 0.3) is 0 Å². The minimum Gasteiger partial charge on any atom is -0.383 e. The fraction of sp³-hybridized carbons (Fsp3) is 0.412. The molecule has 0 spiro atoms. The van der Waals surface area contributed by atoms with Gasteiger partial charge in [0.15, 0.2) is 0 Å². The number of carbonyl (C=O) groups excluding carboxylic acids is 2. The molecule has 0 aliphatic carbocycles. The van der Waals surface area contributed by atoms with Crippen molar-refractivity contribution in [1.82, 2.24) is 20.2 Å². The first-order valence-electron chi connectivity index (χ1n) is 8.07. The van der Waals surface area contributed by atoms with Crippen molar-refractivity contribution in [1.29, 1.82) is 0 Å². The van der Waals surface area contributed by atoms with Crippen molar-refractivity contribution in [2.45, 2.75) is 13.0 Å². The number of rotatable bonds is 7. The summed E-state index contributed by atoms with van der Waals surface area (Å²) in [6, 6.07) is 5.68. The van der Waals surface area contributed by atoms with Crippen molar-refractivity contribution in [3.63, 3.8) is 0 Å². The van der Waals surface area contributed by atoms with Gasteiger partial charge in [-0.2, -0.15) is 0 Å². The summed E-state index contributed by atoms with van der Waals surface area (Å²) in [5, 5.41) is 5.61. The van der Waals surface area contributed by atoms with Gasteiger partial charge in [-0.3, -0.25) is 14.6 Å². The van der Waals surface area contributed by atoms with E-state index in [0.717, 1.165) is 16.4 Å². The van der Waals surface area contributed by atoms with E-state index in [2.05, 4.69) is 15.3 Å². The lowest BCUT2D eigenvalue weighted by atomic mass is 10.1. The maximum absolute atomic E-state index is 12.3. The van der Waals surface area contributed by atoms with E-state index in [-0.39, 0.29) is 24.2 Å². The van der Waals surface area contributed by atoms with E-state index in [1.54, 1.807) is 18.2 Å². The molecule has 0 aromatic carbocycles. The van der Waals surface area contributed by atoms with Crippen molar-refractivity contribution < 1.29 is 14.3 Å². The quantitative estimate of drug-likeness (QED) is 0.805. The van der Waals surface area contributed by atoms with Gasteiger partial charge in [0, 0.05) is 38.2 Å². The van der Waals surface area contributed by atoms with Gasteiger partial charge in [-0.1, -0.05) is 6.07 Å². The molecule has 2 aromatic heterocycles. The highest BCUT2D eigenvalue weighted by Crippen LogP contribution is 2.22. The third-order valence-corrected chi connectivity index (χ3v) is 4.94. The number of hydrogen-bond acceptors (Lipinski definition) is 6. The average molecular weight is 360 g/mol. The third-order valence-electron chi connectivity index (χ3n) is 4.03. The molecular weight excluding hydrogens is 340 g/mol. The molecule has 1 N–H and O–H groups in total. The largest absolute Gasteiger partial charge is 0.383 e. The molecule has 0 bridgehead atoms. The summed E-state index contributed by atoms with van der Waals surface area (Å²) in [6.07, 6.45) is 1.98. The Morgan fingerprint density at radius 2 is 2.36 bits per heavy atom. The van der Waals surface area contributed by atoms with E-state index in [0.29, 0.717) is 26.2 Å². The number of pyridine rings is 1. The molecule has 3 rings (SSSR count). The van der Waals surface area contributed by atoms with Crippen LogP contribution in [0.2, 0.25) is 0 Å². The Morgan fingerprint density at radius 3 is 3.12 bits per heavy atom. The topological polar surface area (TPSA) is 84.4 Å². The van der Waals surface area contributed by atoms with Crippen molar-refractivity contribution in [3.8, 4) is 10.7 Å². The zero-order valence-corrected chi connectivity index (χ0v) is 14.8. The second-order valence-corrected chi connectivity index (χ2v) is 6.67. The first-order chi connectivity index (χ1) is 12.2. The highest BCUT2D eigenvalue weighted by molar-refractivity contribution is 7.13. The molecule has 3 heterocycles. The number of amides is 2. The van der Waals surface area contributed by atoms with Gasteiger partial charge < -0.3 is 15.0 Å². The highest BCUT2D eigenvalue weighted by Gasteiger charge is 2.33. The van der Waals surface area contributed by atoms with Gasteiger partial charge in [0.2, 0.25) is 11.8 Å². The second kappa shape index (κ2) is 8.17. The van der Waals surface area contributed by atoms with Crippen LogP contribution >= 0.6 is 11.3 Å². The predicted octanol–water partition coefficient (Wildman–Crippen LogP) is 1.32. The lowest BCUT2D eigenvalue weighted by Crippen LogP contribution is -2.33. The fourth-order valence-corrected chi connectivity index (χ4v) is 3.48. The first kappa shape index (κ1) is 17.5. The summed E-state index contributed by atoms with van der Waals surface area (Å²) in [4.78, 5) is 34.6. The van der Waals surface area contributed by atoms with Gasteiger partial charge >= 0.3 is 0 Å². The lowest BCUT2D eigenvalue weighted by Gasteiger charge is -2.15. The number of likely N-dealkylation sites (tertiary alicyclic amines) is 1.